The summed E-state index contributed by atoms with van der Waals surface area (Å²) in [6.07, 6.45) is 0.956. The number of oxazole rings is 1. The molecule has 1 amide bonds. The van der Waals surface area contributed by atoms with Crippen LogP contribution in [0.5, 0.6) is 5.75 Å². The molecule has 7 heteroatoms. The Balaban J connectivity index is 1.43. The van der Waals surface area contributed by atoms with Crippen molar-refractivity contribution < 1.29 is 13.9 Å². The molecule has 0 unspecified atom stereocenters. The van der Waals surface area contributed by atoms with Crippen LogP contribution < -0.4 is 10.1 Å². The molecule has 0 aliphatic carbocycles. The zero-order valence-corrected chi connectivity index (χ0v) is 17.6. The van der Waals surface area contributed by atoms with E-state index in [2.05, 4.69) is 17.2 Å². The van der Waals surface area contributed by atoms with Gasteiger partial charge in [-0.15, -0.1) is 0 Å². The maximum absolute atomic E-state index is 12.2. The van der Waals surface area contributed by atoms with Gasteiger partial charge in [0.05, 0.1) is 10.0 Å². The summed E-state index contributed by atoms with van der Waals surface area (Å²) in [4.78, 5) is 16.7. The maximum Gasteiger partial charge on any atom is 0.262 e. The van der Waals surface area contributed by atoms with Crippen LogP contribution >= 0.6 is 23.2 Å². The van der Waals surface area contributed by atoms with E-state index in [1.165, 1.54) is 5.56 Å². The van der Waals surface area contributed by atoms with E-state index >= 15 is 0 Å². The molecule has 4 rings (SSSR count). The van der Waals surface area contributed by atoms with Gasteiger partial charge in [0.2, 0.25) is 5.89 Å². The van der Waals surface area contributed by atoms with Gasteiger partial charge in [-0.05, 0) is 60.5 Å². The van der Waals surface area contributed by atoms with Crippen LogP contribution in [0.2, 0.25) is 10.0 Å². The lowest BCUT2D eigenvalue weighted by Crippen LogP contribution is -2.20. The molecule has 4 aromatic rings. The summed E-state index contributed by atoms with van der Waals surface area (Å²) in [5, 5.41) is 3.70. The number of nitrogens with zero attached hydrogens (tertiary/aromatic N) is 1. The van der Waals surface area contributed by atoms with E-state index in [1.807, 2.05) is 24.3 Å². The standard InChI is InChI=1S/C23H18Cl2N2O3/c1-2-14-3-7-17(8-4-14)29-13-22(28)26-16-6-10-21-20(12-16)27-23(30-21)15-5-9-18(24)19(25)11-15/h3-12H,2,13H2,1H3,(H,26,28). The maximum atomic E-state index is 12.2. The number of hydrogen-bond acceptors (Lipinski definition) is 4. The number of aromatic nitrogens is 1. The zero-order valence-electron chi connectivity index (χ0n) is 16.1. The summed E-state index contributed by atoms with van der Waals surface area (Å²) in [5.41, 5.74) is 3.75. The second-order valence-corrected chi connectivity index (χ2v) is 7.48. The molecule has 0 aliphatic rings. The van der Waals surface area contributed by atoms with Crippen LogP contribution in [-0.4, -0.2) is 17.5 Å². The fraction of sp³-hybridized carbons (Fsp3) is 0.130. The number of amides is 1. The Morgan fingerprint density at radius 2 is 1.83 bits per heavy atom. The van der Waals surface area contributed by atoms with Gasteiger partial charge in [-0.25, -0.2) is 4.98 Å². The number of ether oxygens (including phenoxy) is 1. The highest BCUT2D eigenvalue weighted by atomic mass is 35.5. The fourth-order valence-electron chi connectivity index (χ4n) is 2.93. The highest BCUT2D eigenvalue weighted by molar-refractivity contribution is 6.42. The van der Waals surface area contributed by atoms with Crippen LogP contribution in [-0.2, 0) is 11.2 Å². The molecule has 1 N–H and O–H groups in total. The number of carbonyl (C=O) groups excluding carboxylic acids is 1. The van der Waals surface area contributed by atoms with Gasteiger partial charge in [0, 0.05) is 11.3 Å². The van der Waals surface area contributed by atoms with Crippen LogP contribution in [0.1, 0.15) is 12.5 Å². The number of hydrogen-bond donors (Lipinski definition) is 1. The quantitative estimate of drug-likeness (QED) is 0.377. The van der Waals surface area contributed by atoms with E-state index in [0.717, 1.165) is 6.42 Å². The second-order valence-electron chi connectivity index (χ2n) is 6.66. The van der Waals surface area contributed by atoms with Gasteiger partial charge >= 0.3 is 0 Å². The molecule has 0 aliphatic heterocycles. The van der Waals surface area contributed by atoms with Gasteiger partial charge in [0.25, 0.3) is 5.91 Å². The molecule has 1 heterocycles. The second kappa shape index (κ2) is 8.78. The summed E-state index contributed by atoms with van der Waals surface area (Å²) in [7, 11) is 0. The van der Waals surface area contributed by atoms with Crippen LogP contribution in [0.25, 0.3) is 22.6 Å². The van der Waals surface area contributed by atoms with Crippen molar-refractivity contribution in [3.63, 3.8) is 0 Å². The summed E-state index contributed by atoms with van der Waals surface area (Å²) < 4.78 is 11.3. The summed E-state index contributed by atoms with van der Waals surface area (Å²) in [6, 6.07) is 18.1. The molecule has 0 atom stereocenters. The number of aryl methyl sites for hydroxylation is 1. The summed E-state index contributed by atoms with van der Waals surface area (Å²) in [6.45, 7) is 2.00. The molecular weight excluding hydrogens is 423 g/mol. The lowest BCUT2D eigenvalue weighted by atomic mass is 10.2. The van der Waals surface area contributed by atoms with Crippen LogP contribution in [0.4, 0.5) is 5.69 Å². The van der Waals surface area contributed by atoms with Crippen LogP contribution in [0.3, 0.4) is 0 Å². The van der Waals surface area contributed by atoms with Crippen molar-refractivity contribution in [2.24, 2.45) is 0 Å². The molecule has 1 aromatic heterocycles. The Morgan fingerprint density at radius 3 is 2.57 bits per heavy atom. The predicted octanol–water partition coefficient (Wildman–Crippen LogP) is 6.38. The Morgan fingerprint density at radius 1 is 1.03 bits per heavy atom. The van der Waals surface area contributed by atoms with E-state index in [-0.39, 0.29) is 12.5 Å². The third kappa shape index (κ3) is 4.58. The fourth-order valence-corrected chi connectivity index (χ4v) is 3.22. The molecule has 152 valence electrons. The number of rotatable bonds is 6. The van der Waals surface area contributed by atoms with Crippen LogP contribution in [0.15, 0.2) is 65.1 Å². The van der Waals surface area contributed by atoms with E-state index in [0.29, 0.717) is 44.0 Å². The van der Waals surface area contributed by atoms with Crippen molar-refractivity contribution in [3.05, 3.63) is 76.3 Å². The van der Waals surface area contributed by atoms with Crippen molar-refractivity contribution in [2.75, 3.05) is 11.9 Å². The van der Waals surface area contributed by atoms with Crippen molar-refractivity contribution >= 4 is 45.9 Å². The predicted molar refractivity (Wildman–Crippen MR) is 119 cm³/mol. The number of benzene rings is 3. The topological polar surface area (TPSA) is 64.4 Å². The highest BCUT2D eigenvalue weighted by Gasteiger charge is 2.12. The molecule has 0 radical (unpaired) electrons. The third-order valence-electron chi connectivity index (χ3n) is 4.54. The first-order chi connectivity index (χ1) is 14.5. The molecule has 30 heavy (non-hydrogen) atoms. The average molecular weight is 441 g/mol. The van der Waals surface area contributed by atoms with E-state index in [4.69, 9.17) is 32.4 Å². The average Bonchev–Trinajstić information content (AvgIpc) is 3.18. The Hall–Kier alpha value is -3.02. The van der Waals surface area contributed by atoms with E-state index < -0.39 is 0 Å². The van der Waals surface area contributed by atoms with Crippen molar-refractivity contribution in [2.45, 2.75) is 13.3 Å². The SMILES string of the molecule is CCc1ccc(OCC(=O)Nc2ccc3oc(-c4ccc(Cl)c(Cl)c4)nc3c2)cc1. The normalized spacial score (nSPS) is 10.9. The van der Waals surface area contributed by atoms with Gasteiger partial charge in [0.1, 0.15) is 11.3 Å². The van der Waals surface area contributed by atoms with Crippen LogP contribution in [0, 0.1) is 0 Å². The molecule has 0 saturated carbocycles. The minimum Gasteiger partial charge on any atom is -0.484 e. The lowest BCUT2D eigenvalue weighted by Gasteiger charge is -2.08. The first kappa shape index (κ1) is 20.3. The monoisotopic (exact) mass is 440 g/mol. The molecule has 0 fully saturated rings. The molecule has 5 nitrogen and oxygen atoms in total. The lowest BCUT2D eigenvalue weighted by molar-refractivity contribution is -0.118. The largest absolute Gasteiger partial charge is 0.484 e. The Kier molecular flexibility index (Phi) is 5.93. The first-order valence-electron chi connectivity index (χ1n) is 9.39. The van der Waals surface area contributed by atoms with Crippen molar-refractivity contribution in [3.8, 4) is 17.2 Å². The number of halogens is 2. The number of fused-ring (bicyclic) bond motifs is 1. The van der Waals surface area contributed by atoms with Crippen molar-refractivity contribution in [1.82, 2.24) is 4.98 Å². The molecule has 0 saturated heterocycles. The molecular formula is C23H18Cl2N2O3. The van der Waals surface area contributed by atoms with Crippen molar-refractivity contribution in [1.29, 1.82) is 0 Å². The van der Waals surface area contributed by atoms with Gasteiger partial charge in [0.15, 0.2) is 12.2 Å². The molecule has 3 aromatic carbocycles. The van der Waals surface area contributed by atoms with E-state index in [9.17, 15) is 4.79 Å². The van der Waals surface area contributed by atoms with Gasteiger partial charge in [-0.2, -0.15) is 0 Å². The van der Waals surface area contributed by atoms with Gasteiger partial charge in [-0.1, -0.05) is 42.3 Å². The molecule has 0 bridgehead atoms. The minimum atomic E-state index is -0.262. The van der Waals surface area contributed by atoms with Gasteiger partial charge < -0.3 is 14.5 Å². The Labute approximate surface area is 183 Å². The minimum absolute atomic E-state index is 0.0865. The highest BCUT2D eigenvalue weighted by Crippen LogP contribution is 2.30. The molecule has 0 spiro atoms. The zero-order chi connectivity index (χ0) is 21.1. The van der Waals surface area contributed by atoms with E-state index in [1.54, 1.807) is 36.4 Å². The number of nitrogens with one attached hydrogen (secondary N) is 1. The number of carbonyl (C=O) groups is 1. The summed E-state index contributed by atoms with van der Waals surface area (Å²) >= 11 is 12.0. The van der Waals surface area contributed by atoms with Gasteiger partial charge in [-0.3, -0.25) is 4.79 Å². The third-order valence-corrected chi connectivity index (χ3v) is 5.28. The Bertz CT molecular complexity index is 1200. The summed E-state index contributed by atoms with van der Waals surface area (Å²) in [5.74, 6) is 0.814. The number of anilines is 1. The smallest absolute Gasteiger partial charge is 0.262 e. The first-order valence-corrected chi connectivity index (χ1v) is 10.1.